The zero-order chi connectivity index (χ0) is 29.7. The predicted octanol–water partition coefficient (Wildman–Crippen LogP) is 11.1. The van der Waals surface area contributed by atoms with E-state index in [1.807, 2.05) is 6.08 Å². The molecule has 0 aliphatic heterocycles. The third-order valence-electron chi connectivity index (χ3n) is 8.36. The SMILES string of the molecule is C=CCN(C)Cc1ccc(-c2ccc(CC(C)=CCCC(CCCCCCCCCCCCC)C(C)=O)cc2)cc1. The van der Waals surface area contributed by atoms with Gasteiger partial charge in [0.25, 0.3) is 0 Å². The van der Waals surface area contributed by atoms with Gasteiger partial charge in [0.1, 0.15) is 5.78 Å². The van der Waals surface area contributed by atoms with Gasteiger partial charge in [-0.25, -0.2) is 0 Å². The lowest BCUT2D eigenvalue weighted by atomic mass is 9.91. The van der Waals surface area contributed by atoms with Crippen LogP contribution in [0, 0.1) is 5.92 Å². The molecule has 0 saturated heterocycles. The maximum atomic E-state index is 12.2. The minimum absolute atomic E-state index is 0.227. The zero-order valence-electron chi connectivity index (χ0n) is 26.9. The van der Waals surface area contributed by atoms with Crippen LogP contribution >= 0.6 is 0 Å². The van der Waals surface area contributed by atoms with Crippen LogP contribution < -0.4 is 0 Å². The Morgan fingerprint density at radius 1 is 0.756 bits per heavy atom. The van der Waals surface area contributed by atoms with Gasteiger partial charge in [0.05, 0.1) is 0 Å². The summed E-state index contributed by atoms with van der Waals surface area (Å²) in [4.78, 5) is 14.5. The first-order valence-electron chi connectivity index (χ1n) is 16.6. The van der Waals surface area contributed by atoms with E-state index in [2.05, 4.69) is 87.0 Å². The Bertz CT molecular complexity index is 1000. The fourth-order valence-corrected chi connectivity index (χ4v) is 5.75. The van der Waals surface area contributed by atoms with Gasteiger partial charge in [-0.3, -0.25) is 9.69 Å². The van der Waals surface area contributed by atoms with E-state index in [4.69, 9.17) is 0 Å². The van der Waals surface area contributed by atoms with Crippen molar-refractivity contribution < 1.29 is 4.79 Å². The summed E-state index contributed by atoms with van der Waals surface area (Å²) in [6, 6.07) is 17.9. The smallest absolute Gasteiger partial charge is 0.132 e. The van der Waals surface area contributed by atoms with Crippen LogP contribution in [0.15, 0.2) is 72.8 Å². The molecule has 0 fully saturated rings. The van der Waals surface area contributed by atoms with Crippen molar-refractivity contribution in [3.05, 3.63) is 84.0 Å². The summed E-state index contributed by atoms with van der Waals surface area (Å²) in [6.07, 6.45) is 23.2. The molecule has 2 aromatic rings. The van der Waals surface area contributed by atoms with Crippen LogP contribution in [0.5, 0.6) is 0 Å². The van der Waals surface area contributed by atoms with Crippen molar-refractivity contribution in [1.29, 1.82) is 0 Å². The highest BCUT2D eigenvalue weighted by atomic mass is 16.1. The van der Waals surface area contributed by atoms with E-state index in [1.54, 1.807) is 6.92 Å². The lowest BCUT2D eigenvalue weighted by Gasteiger charge is -2.14. The largest absolute Gasteiger partial charge is 0.300 e. The molecule has 1 unspecified atom stereocenters. The Labute approximate surface area is 253 Å². The Morgan fingerprint density at radius 3 is 1.78 bits per heavy atom. The second-order valence-electron chi connectivity index (χ2n) is 12.3. The highest BCUT2D eigenvalue weighted by Crippen LogP contribution is 2.23. The summed E-state index contributed by atoms with van der Waals surface area (Å²) < 4.78 is 0. The summed E-state index contributed by atoms with van der Waals surface area (Å²) in [6.45, 7) is 11.9. The van der Waals surface area contributed by atoms with Crippen molar-refractivity contribution in [2.75, 3.05) is 13.6 Å². The second-order valence-corrected chi connectivity index (χ2v) is 12.3. The molecule has 226 valence electrons. The maximum Gasteiger partial charge on any atom is 0.132 e. The molecule has 0 spiro atoms. The number of ketones is 1. The van der Waals surface area contributed by atoms with Crippen molar-refractivity contribution in [1.82, 2.24) is 4.90 Å². The van der Waals surface area contributed by atoms with Gasteiger partial charge in [-0.05, 0) is 68.8 Å². The Balaban J connectivity index is 1.68. The maximum absolute atomic E-state index is 12.2. The minimum Gasteiger partial charge on any atom is -0.300 e. The first-order valence-corrected chi connectivity index (χ1v) is 16.6. The van der Waals surface area contributed by atoms with Crippen molar-refractivity contribution in [2.45, 2.75) is 124 Å². The van der Waals surface area contributed by atoms with E-state index in [0.29, 0.717) is 5.78 Å². The van der Waals surface area contributed by atoms with Crippen molar-refractivity contribution >= 4 is 5.78 Å². The van der Waals surface area contributed by atoms with E-state index < -0.39 is 0 Å². The predicted molar refractivity (Wildman–Crippen MR) is 180 cm³/mol. The van der Waals surface area contributed by atoms with Gasteiger partial charge in [0.2, 0.25) is 0 Å². The van der Waals surface area contributed by atoms with E-state index >= 15 is 0 Å². The van der Waals surface area contributed by atoms with Gasteiger partial charge in [0.15, 0.2) is 0 Å². The van der Waals surface area contributed by atoms with Crippen LogP contribution in [0.3, 0.4) is 0 Å². The van der Waals surface area contributed by atoms with E-state index in [1.165, 1.54) is 98.5 Å². The molecule has 0 N–H and O–H groups in total. The molecule has 0 aliphatic carbocycles. The first kappa shape index (κ1) is 34.7. The van der Waals surface area contributed by atoms with Crippen LogP contribution in [-0.2, 0) is 17.8 Å². The molecule has 2 rings (SSSR count). The first-order chi connectivity index (χ1) is 19.9. The minimum atomic E-state index is 0.227. The molecule has 0 heterocycles. The molecule has 0 aliphatic rings. The molecule has 0 saturated carbocycles. The number of nitrogens with zero attached hydrogens (tertiary/aromatic N) is 1. The number of hydrogen-bond acceptors (Lipinski definition) is 2. The van der Waals surface area contributed by atoms with Gasteiger partial charge < -0.3 is 0 Å². The number of allylic oxidation sites excluding steroid dienone is 2. The highest BCUT2D eigenvalue weighted by Gasteiger charge is 2.13. The molecular formula is C39H59NO. The van der Waals surface area contributed by atoms with E-state index in [9.17, 15) is 4.79 Å². The normalized spacial score (nSPS) is 12.6. The van der Waals surface area contributed by atoms with Crippen LogP contribution in [-0.4, -0.2) is 24.3 Å². The van der Waals surface area contributed by atoms with Crippen LogP contribution in [0.4, 0.5) is 0 Å². The monoisotopic (exact) mass is 557 g/mol. The van der Waals surface area contributed by atoms with Gasteiger partial charge >= 0.3 is 0 Å². The molecule has 0 radical (unpaired) electrons. The second kappa shape index (κ2) is 21.3. The zero-order valence-corrected chi connectivity index (χ0v) is 26.9. The quantitative estimate of drug-likeness (QED) is 0.1000. The molecule has 0 aromatic heterocycles. The summed E-state index contributed by atoms with van der Waals surface area (Å²) in [7, 11) is 2.12. The Hall–Kier alpha value is -2.45. The molecule has 41 heavy (non-hydrogen) atoms. The van der Waals surface area contributed by atoms with Gasteiger partial charge in [-0.15, -0.1) is 6.58 Å². The third kappa shape index (κ3) is 15.4. The van der Waals surface area contributed by atoms with Crippen LogP contribution in [0.1, 0.15) is 122 Å². The number of benzene rings is 2. The van der Waals surface area contributed by atoms with E-state index in [-0.39, 0.29) is 5.92 Å². The molecule has 0 bridgehead atoms. The van der Waals surface area contributed by atoms with Crippen molar-refractivity contribution in [2.24, 2.45) is 5.92 Å². The number of unbranched alkanes of at least 4 members (excludes halogenated alkanes) is 10. The van der Waals surface area contributed by atoms with Crippen molar-refractivity contribution in [3.63, 3.8) is 0 Å². The van der Waals surface area contributed by atoms with Crippen LogP contribution in [0.25, 0.3) is 11.1 Å². The fraction of sp³-hybridized carbons (Fsp3) is 0.564. The Kier molecular flexibility index (Phi) is 18.0. The summed E-state index contributed by atoms with van der Waals surface area (Å²) in [5.74, 6) is 0.598. The lowest BCUT2D eigenvalue weighted by molar-refractivity contribution is -0.121. The number of likely N-dealkylation sites (N-methyl/N-ethyl adjacent to an activating group) is 1. The number of carbonyl (C=O) groups is 1. The number of hydrogen-bond donors (Lipinski definition) is 0. The molecule has 2 heteroatoms. The molecule has 1 atom stereocenters. The average molecular weight is 558 g/mol. The lowest BCUT2D eigenvalue weighted by Crippen LogP contribution is -2.17. The average Bonchev–Trinajstić information content (AvgIpc) is 2.96. The van der Waals surface area contributed by atoms with Gasteiger partial charge in [0, 0.05) is 19.0 Å². The standard InChI is InChI=1S/C39H59NO/c1-6-8-9-10-11-12-13-14-15-16-17-20-37(34(4)41)21-18-19-33(3)31-35-22-26-38(27-23-35)39-28-24-36(25-29-39)32-40(5)30-7-2/h7,19,22-29,37H,2,6,8-18,20-21,30-32H2,1,3-5H3. The fourth-order valence-electron chi connectivity index (χ4n) is 5.75. The molecule has 0 amide bonds. The molecule has 2 nitrogen and oxygen atoms in total. The topological polar surface area (TPSA) is 20.3 Å². The van der Waals surface area contributed by atoms with Crippen LogP contribution in [0.2, 0.25) is 0 Å². The molecular weight excluding hydrogens is 498 g/mol. The van der Waals surface area contributed by atoms with Crippen molar-refractivity contribution in [3.8, 4) is 11.1 Å². The highest BCUT2D eigenvalue weighted by molar-refractivity contribution is 5.78. The summed E-state index contributed by atoms with van der Waals surface area (Å²) >= 11 is 0. The number of Topliss-reactive ketones (excluding diaryl/α,β-unsaturated/α-hetero) is 1. The summed E-state index contributed by atoms with van der Waals surface area (Å²) in [5.41, 5.74) is 6.57. The number of rotatable bonds is 23. The Morgan fingerprint density at radius 2 is 1.27 bits per heavy atom. The van der Waals surface area contributed by atoms with Gasteiger partial charge in [-0.2, -0.15) is 0 Å². The van der Waals surface area contributed by atoms with E-state index in [0.717, 1.165) is 38.8 Å². The summed E-state index contributed by atoms with van der Waals surface area (Å²) in [5, 5.41) is 0. The van der Waals surface area contributed by atoms with Gasteiger partial charge in [-0.1, -0.05) is 144 Å². The number of carbonyl (C=O) groups excluding carboxylic acids is 1. The molecule has 2 aromatic carbocycles. The third-order valence-corrected chi connectivity index (χ3v) is 8.36.